The third kappa shape index (κ3) is 2.08. The van der Waals surface area contributed by atoms with Gasteiger partial charge >= 0.3 is 5.97 Å². The lowest BCUT2D eigenvalue weighted by Crippen LogP contribution is -2.48. The first kappa shape index (κ1) is 11.2. The Kier molecular flexibility index (Phi) is 3.96. The highest BCUT2D eigenvalue weighted by molar-refractivity contribution is 5.80. The zero-order valence-electron chi connectivity index (χ0n) is 8.26. The van der Waals surface area contributed by atoms with Crippen molar-refractivity contribution in [2.24, 2.45) is 0 Å². The number of ether oxygens (including phenoxy) is 1. The van der Waals surface area contributed by atoms with Crippen molar-refractivity contribution < 1.29 is 9.53 Å². The summed E-state index contributed by atoms with van der Waals surface area (Å²) >= 11 is 0. The van der Waals surface area contributed by atoms with Crippen LogP contribution >= 0.6 is 0 Å². The average molecular weight is 171 g/mol. The first-order valence-corrected chi connectivity index (χ1v) is 3.85. The third-order valence-electron chi connectivity index (χ3n) is 2.15. The largest absolute Gasteiger partial charge is 0.468 e. The van der Waals surface area contributed by atoms with E-state index in [2.05, 4.69) is 6.58 Å². The molecule has 0 aliphatic rings. The van der Waals surface area contributed by atoms with Gasteiger partial charge in [-0.2, -0.15) is 0 Å². The molecule has 0 bridgehead atoms. The van der Waals surface area contributed by atoms with Gasteiger partial charge in [0.15, 0.2) is 0 Å². The van der Waals surface area contributed by atoms with Gasteiger partial charge in [-0.25, -0.2) is 0 Å². The number of methoxy groups -OCH3 is 1. The Morgan fingerprint density at radius 2 is 2.17 bits per heavy atom. The number of carbonyl (C=O) groups excluding carboxylic acids is 1. The molecular weight excluding hydrogens is 154 g/mol. The van der Waals surface area contributed by atoms with Crippen molar-refractivity contribution in [3.63, 3.8) is 0 Å². The van der Waals surface area contributed by atoms with Crippen molar-refractivity contribution in [3.05, 3.63) is 12.7 Å². The number of rotatable bonds is 4. The van der Waals surface area contributed by atoms with Gasteiger partial charge in [-0.1, -0.05) is 6.08 Å². The molecule has 0 aromatic rings. The van der Waals surface area contributed by atoms with E-state index in [0.29, 0.717) is 6.42 Å². The molecule has 1 atom stereocenters. The molecule has 3 heteroatoms. The Morgan fingerprint density at radius 3 is 2.42 bits per heavy atom. The summed E-state index contributed by atoms with van der Waals surface area (Å²) in [5.74, 6) is -0.229. The van der Waals surface area contributed by atoms with Crippen LogP contribution in [0.15, 0.2) is 12.7 Å². The van der Waals surface area contributed by atoms with Crippen LogP contribution < -0.4 is 0 Å². The van der Waals surface area contributed by atoms with Crippen LogP contribution in [0.5, 0.6) is 0 Å². The lowest BCUT2D eigenvalue weighted by Gasteiger charge is -2.32. The number of esters is 1. The maximum Gasteiger partial charge on any atom is 0.326 e. The minimum atomic E-state index is -0.587. The maximum atomic E-state index is 11.4. The Bertz CT molecular complexity index is 177. The van der Waals surface area contributed by atoms with Gasteiger partial charge < -0.3 is 4.74 Å². The highest BCUT2D eigenvalue weighted by atomic mass is 16.5. The van der Waals surface area contributed by atoms with Crippen LogP contribution in [0, 0.1) is 0 Å². The first-order chi connectivity index (χ1) is 5.49. The minimum Gasteiger partial charge on any atom is -0.468 e. The van der Waals surface area contributed by atoms with Crippen molar-refractivity contribution >= 4 is 5.97 Å². The lowest BCUT2D eigenvalue weighted by atomic mass is 9.97. The summed E-state index contributed by atoms with van der Waals surface area (Å²) in [6.07, 6.45) is 2.31. The van der Waals surface area contributed by atoms with Crippen LogP contribution in [0.25, 0.3) is 0 Å². The second kappa shape index (κ2) is 4.26. The van der Waals surface area contributed by atoms with E-state index in [-0.39, 0.29) is 5.97 Å². The summed E-state index contributed by atoms with van der Waals surface area (Å²) in [6.45, 7) is 5.44. The fraction of sp³-hybridized carbons (Fsp3) is 0.667. The normalized spacial score (nSPS) is 15.4. The lowest BCUT2D eigenvalue weighted by molar-refractivity contribution is -0.152. The van der Waals surface area contributed by atoms with Crippen LogP contribution in [0.2, 0.25) is 0 Å². The summed E-state index contributed by atoms with van der Waals surface area (Å²) in [5.41, 5.74) is -0.587. The van der Waals surface area contributed by atoms with Crippen LogP contribution in [0.3, 0.4) is 0 Å². The molecule has 0 aliphatic heterocycles. The van der Waals surface area contributed by atoms with E-state index < -0.39 is 5.54 Å². The molecule has 0 radical (unpaired) electrons. The predicted molar refractivity (Wildman–Crippen MR) is 48.9 cm³/mol. The van der Waals surface area contributed by atoms with Crippen molar-refractivity contribution in [3.8, 4) is 0 Å². The number of carbonyl (C=O) groups is 1. The summed E-state index contributed by atoms with van der Waals surface area (Å²) < 4.78 is 4.70. The summed E-state index contributed by atoms with van der Waals surface area (Å²) in [5, 5.41) is 0. The van der Waals surface area contributed by atoms with Gasteiger partial charge in [0.1, 0.15) is 5.54 Å². The highest BCUT2D eigenvalue weighted by Crippen LogP contribution is 2.18. The fourth-order valence-corrected chi connectivity index (χ4v) is 0.949. The van der Waals surface area contributed by atoms with Crippen LogP contribution in [-0.4, -0.2) is 37.6 Å². The average Bonchev–Trinajstić information content (AvgIpc) is 2.03. The van der Waals surface area contributed by atoms with E-state index in [1.54, 1.807) is 6.08 Å². The number of nitrogens with zero attached hydrogens (tertiary/aromatic N) is 1. The fourth-order valence-electron chi connectivity index (χ4n) is 0.949. The molecule has 0 N–H and O–H groups in total. The van der Waals surface area contributed by atoms with E-state index >= 15 is 0 Å². The van der Waals surface area contributed by atoms with E-state index in [9.17, 15) is 4.79 Å². The van der Waals surface area contributed by atoms with Gasteiger partial charge in [0.2, 0.25) is 0 Å². The molecule has 0 saturated carbocycles. The summed E-state index contributed by atoms with van der Waals surface area (Å²) in [4.78, 5) is 13.2. The molecule has 3 nitrogen and oxygen atoms in total. The first-order valence-electron chi connectivity index (χ1n) is 3.85. The zero-order valence-corrected chi connectivity index (χ0v) is 8.26. The molecule has 0 amide bonds. The van der Waals surface area contributed by atoms with Gasteiger partial charge in [0, 0.05) is 0 Å². The Labute approximate surface area is 74.0 Å². The molecule has 70 valence electrons. The molecule has 0 aliphatic carbocycles. The SMILES string of the molecule is C=CCC(C)(C(=O)OC)N(C)C. The second-order valence-electron chi connectivity index (χ2n) is 3.15. The molecule has 0 aromatic heterocycles. The van der Waals surface area contributed by atoms with Gasteiger partial charge in [0.25, 0.3) is 0 Å². The van der Waals surface area contributed by atoms with Crippen LogP contribution in [-0.2, 0) is 9.53 Å². The standard InChI is InChI=1S/C9H17NO2/c1-6-7-9(2,10(3)4)8(11)12-5/h6H,1,7H2,2-5H3. The van der Waals surface area contributed by atoms with E-state index in [4.69, 9.17) is 4.74 Å². The van der Waals surface area contributed by atoms with Crippen molar-refractivity contribution in [2.75, 3.05) is 21.2 Å². The zero-order chi connectivity index (χ0) is 9.78. The summed E-state index contributed by atoms with van der Waals surface area (Å²) in [7, 11) is 5.09. The molecule has 0 heterocycles. The summed E-state index contributed by atoms with van der Waals surface area (Å²) in [6, 6.07) is 0. The van der Waals surface area contributed by atoms with Crippen molar-refractivity contribution in [1.82, 2.24) is 4.90 Å². The maximum absolute atomic E-state index is 11.4. The molecule has 0 fully saturated rings. The van der Waals surface area contributed by atoms with Crippen LogP contribution in [0.4, 0.5) is 0 Å². The third-order valence-corrected chi connectivity index (χ3v) is 2.15. The van der Waals surface area contributed by atoms with Gasteiger partial charge in [0.05, 0.1) is 7.11 Å². The van der Waals surface area contributed by atoms with Crippen molar-refractivity contribution in [1.29, 1.82) is 0 Å². The quantitative estimate of drug-likeness (QED) is 0.468. The van der Waals surface area contributed by atoms with E-state index in [1.165, 1.54) is 7.11 Å². The van der Waals surface area contributed by atoms with Crippen molar-refractivity contribution in [2.45, 2.75) is 18.9 Å². The number of likely N-dealkylation sites (N-methyl/N-ethyl adjacent to an activating group) is 1. The molecule has 1 unspecified atom stereocenters. The predicted octanol–water partition coefficient (Wildman–Crippen LogP) is 1.06. The Balaban J connectivity index is 4.60. The van der Waals surface area contributed by atoms with E-state index in [1.807, 2.05) is 25.9 Å². The molecule has 0 saturated heterocycles. The monoisotopic (exact) mass is 171 g/mol. The molecular formula is C9H17NO2. The highest BCUT2D eigenvalue weighted by Gasteiger charge is 2.35. The molecule has 0 rings (SSSR count). The van der Waals surface area contributed by atoms with Gasteiger partial charge in [-0.3, -0.25) is 9.69 Å². The molecule has 0 aromatic carbocycles. The minimum absolute atomic E-state index is 0.229. The van der Waals surface area contributed by atoms with Gasteiger partial charge in [-0.05, 0) is 27.4 Å². The van der Waals surface area contributed by atoms with E-state index in [0.717, 1.165) is 0 Å². The van der Waals surface area contributed by atoms with Gasteiger partial charge in [-0.15, -0.1) is 6.58 Å². The number of hydrogen-bond donors (Lipinski definition) is 0. The Morgan fingerprint density at radius 1 is 1.67 bits per heavy atom. The topological polar surface area (TPSA) is 29.5 Å². The second-order valence-corrected chi connectivity index (χ2v) is 3.15. The molecule has 12 heavy (non-hydrogen) atoms. The smallest absolute Gasteiger partial charge is 0.326 e. The Hall–Kier alpha value is -0.830. The van der Waals surface area contributed by atoms with Crippen LogP contribution in [0.1, 0.15) is 13.3 Å². The molecule has 0 spiro atoms. The number of hydrogen-bond acceptors (Lipinski definition) is 3.